The fourth-order valence-corrected chi connectivity index (χ4v) is 4.00. The molecule has 0 aliphatic carbocycles. The van der Waals surface area contributed by atoms with Crippen molar-refractivity contribution in [3.63, 3.8) is 0 Å². The largest absolute Gasteiger partial charge is 0.366 e. The van der Waals surface area contributed by atoms with Crippen LogP contribution in [0.25, 0.3) is 11.4 Å². The van der Waals surface area contributed by atoms with Gasteiger partial charge in [-0.25, -0.2) is 0 Å². The Morgan fingerprint density at radius 1 is 1.26 bits per heavy atom. The molecule has 0 aliphatic rings. The SMILES string of the molecule is CCCn1c(SCC(=O)Nc2sccc2C(N)=O)nnc1-c1ccncc1. The van der Waals surface area contributed by atoms with E-state index < -0.39 is 5.91 Å². The van der Waals surface area contributed by atoms with Gasteiger partial charge in [-0.2, -0.15) is 0 Å². The first kappa shape index (κ1) is 19.1. The summed E-state index contributed by atoms with van der Waals surface area (Å²) in [6, 6.07) is 5.34. The zero-order valence-electron chi connectivity index (χ0n) is 14.6. The van der Waals surface area contributed by atoms with Crippen LogP contribution in [-0.2, 0) is 11.3 Å². The van der Waals surface area contributed by atoms with Crippen molar-refractivity contribution in [1.29, 1.82) is 0 Å². The first-order valence-corrected chi connectivity index (χ1v) is 10.1. The van der Waals surface area contributed by atoms with Crippen LogP contribution in [0.3, 0.4) is 0 Å². The molecule has 0 spiro atoms. The van der Waals surface area contributed by atoms with Crippen molar-refractivity contribution in [2.45, 2.75) is 25.0 Å². The van der Waals surface area contributed by atoms with Crippen molar-refractivity contribution < 1.29 is 9.59 Å². The fourth-order valence-electron chi connectivity index (χ4n) is 2.43. The molecule has 3 N–H and O–H groups in total. The molecule has 0 atom stereocenters. The van der Waals surface area contributed by atoms with Crippen LogP contribution in [0.15, 0.2) is 41.1 Å². The molecule has 3 rings (SSSR count). The lowest BCUT2D eigenvalue weighted by Gasteiger charge is -2.09. The predicted molar refractivity (Wildman–Crippen MR) is 106 cm³/mol. The van der Waals surface area contributed by atoms with Crippen molar-refractivity contribution in [2.24, 2.45) is 5.73 Å². The molecule has 0 aromatic carbocycles. The normalized spacial score (nSPS) is 10.7. The Morgan fingerprint density at radius 2 is 2.04 bits per heavy atom. The van der Waals surface area contributed by atoms with Crippen LogP contribution in [0, 0.1) is 0 Å². The predicted octanol–water partition coefficient (Wildman–Crippen LogP) is 2.64. The molecule has 0 unspecified atom stereocenters. The summed E-state index contributed by atoms with van der Waals surface area (Å²) in [4.78, 5) is 27.6. The van der Waals surface area contributed by atoms with E-state index in [1.807, 2.05) is 16.7 Å². The van der Waals surface area contributed by atoms with Crippen LogP contribution in [0.4, 0.5) is 5.00 Å². The summed E-state index contributed by atoms with van der Waals surface area (Å²) in [5, 5.41) is 14.1. The van der Waals surface area contributed by atoms with E-state index in [4.69, 9.17) is 5.73 Å². The second-order valence-electron chi connectivity index (χ2n) is 5.56. The molecule has 0 fully saturated rings. The molecule has 8 nitrogen and oxygen atoms in total. The molecule has 27 heavy (non-hydrogen) atoms. The first-order chi connectivity index (χ1) is 13.1. The summed E-state index contributed by atoms with van der Waals surface area (Å²) in [5.74, 6) is 0.0932. The number of carbonyl (C=O) groups is 2. The smallest absolute Gasteiger partial charge is 0.251 e. The number of primary amides is 1. The molecular formula is C17H18N6O2S2. The number of pyridine rings is 1. The van der Waals surface area contributed by atoms with Crippen LogP contribution in [0.2, 0.25) is 0 Å². The lowest BCUT2D eigenvalue weighted by molar-refractivity contribution is -0.113. The van der Waals surface area contributed by atoms with Gasteiger partial charge in [-0.15, -0.1) is 21.5 Å². The highest BCUT2D eigenvalue weighted by molar-refractivity contribution is 7.99. The lowest BCUT2D eigenvalue weighted by atomic mass is 10.2. The number of carbonyl (C=O) groups excluding carboxylic acids is 2. The van der Waals surface area contributed by atoms with E-state index in [9.17, 15) is 9.59 Å². The third kappa shape index (κ3) is 4.52. The van der Waals surface area contributed by atoms with Crippen molar-refractivity contribution in [2.75, 3.05) is 11.1 Å². The van der Waals surface area contributed by atoms with Crippen molar-refractivity contribution in [1.82, 2.24) is 19.7 Å². The molecule has 0 saturated carbocycles. The van der Waals surface area contributed by atoms with Crippen LogP contribution < -0.4 is 11.1 Å². The molecule has 3 aromatic rings. The molecule has 10 heteroatoms. The minimum absolute atomic E-state index is 0.147. The standard InChI is InChI=1S/C17H18N6O2S2/c1-2-8-23-15(11-3-6-19-7-4-11)21-22-17(23)27-10-13(24)20-16-12(14(18)25)5-9-26-16/h3-7,9H,2,8,10H2,1H3,(H2,18,25)(H,20,24). The molecule has 2 amide bonds. The maximum atomic E-state index is 12.3. The number of hydrogen-bond acceptors (Lipinski definition) is 7. The van der Waals surface area contributed by atoms with Crippen LogP contribution >= 0.6 is 23.1 Å². The van der Waals surface area contributed by atoms with Gasteiger partial charge in [0.15, 0.2) is 11.0 Å². The highest BCUT2D eigenvalue weighted by Crippen LogP contribution is 2.26. The Morgan fingerprint density at radius 3 is 2.74 bits per heavy atom. The summed E-state index contributed by atoms with van der Waals surface area (Å²) < 4.78 is 1.99. The highest BCUT2D eigenvalue weighted by Gasteiger charge is 2.17. The minimum atomic E-state index is -0.566. The van der Waals surface area contributed by atoms with E-state index in [1.165, 1.54) is 23.1 Å². The number of thioether (sulfide) groups is 1. The average molecular weight is 403 g/mol. The van der Waals surface area contributed by atoms with Gasteiger partial charge in [-0.3, -0.25) is 14.6 Å². The van der Waals surface area contributed by atoms with Gasteiger partial charge in [0, 0.05) is 24.5 Å². The van der Waals surface area contributed by atoms with Crippen LogP contribution in [0.5, 0.6) is 0 Å². The molecule has 0 bridgehead atoms. The van der Waals surface area contributed by atoms with Gasteiger partial charge >= 0.3 is 0 Å². The van der Waals surface area contributed by atoms with Gasteiger partial charge < -0.3 is 15.6 Å². The zero-order valence-corrected chi connectivity index (χ0v) is 16.2. The molecule has 0 aliphatic heterocycles. The number of nitrogens with two attached hydrogens (primary N) is 1. The Balaban J connectivity index is 1.70. The van der Waals surface area contributed by atoms with E-state index in [2.05, 4.69) is 27.4 Å². The van der Waals surface area contributed by atoms with Gasteiger partial charge in [0.1, 0.15) is 5.00 Å². The summed E-state index contributed by atoms with van der Waals surface area (Å²) in [6.45, 7) is 2.81. The first-order valence-electron chi connectivity index (χ1n) is 8.23. The number of nitrogens with one attached hydrogen (secondary N) is 1. The maximum Gasteiger partial charge on any atom is 0.251 e. The van der Waals surface area contributed by atoms with Gasteiger partial charge in [0.05, 0.1) is 11.3 Å². The number of amides is 2. The van der Waals surface area contributed by atoms with E-state index in [1.54, 1.807) is 23.8 Å². The minimum Gasteiger partial charge on any atom is -0.366 e. The summed E-state index contributed by atoms with van der Waals surface area (Å²) >= 11 is 2.56. The zero-order chi connectivity index (χ0) is 19.2. The Labute approximate surface area is 164 Å². The third-order valence-electron chi connectivity index (χ3n) is 3.62. The number of rotatable bonds is 8. The number of aromatic nitrogens is 4. The van der Waals surface area contributed by atoms with Crippen LogP contribution in [0.1, 0.15) is 23.7 Å². The number of thiophene rings is 1. The lowest BCUT2D eigenvalue weighted by Crippen LogP contribution is -2.18. The van der Waals surface area contributed by atoms with Gasteiger partial charge in [0.2, 0.25) is 5.91 Å². The topological polar surface area (TPSA) is 116 Å². The van der Waals surface area contributed by atoms with Gasteiger partial charge in [-0.05, 0) is 30.0 Å². The van der Waals surface area contributed by atoms with Crippen molar-refractivity contribution >= 4 is 39.9 Å². The van der Waals surface area contributed by atoms with Crippen LogP contribution in [-0.4, -0.2) is 37.3 Å². The Hall–Kier alpha value is -2.72. The number of nitrogens with zero attached hydrogens (tertiary/aromatic N) is 4. The molecular weight excluding hydrogens is 384 g/mol. The Bertz CT molecular complexity index is 938. The summed E-state index contributed by atoms with van der Waals surface area (Å²) in [5.41, 5.74) is 6.53. The van der Waals surface area contributed by atoms with E-state index in [0.717, 1.165) is 24.4 Å². The number of anilines is 1. The third-order valence-corrected chi connectivity index (χ3v) is 5.42. The maximum absolute atomic E-state index is 12.3. The Kier molecular flexibility index (Phi) is 6.20. The van der Waals surface area contributed by atoms with E-state index in [0.29, 0.717) is 15.7 Å². The fraction of sp³-hybridized carbons (Fsp3) is 0.235. The van der Waals surface area contributed by atoms with E-state index >= 15 is 0 Å². The molecule has 0 radical (unpaired) electrons. The molecule has 3 aromatic heterocycles. The quantitative estimate of drug-likeness (QED) is 0.560. The molecule has 140 valence electrons. The number of hydrogen-bond donors (Lipinski definition) is 2. The van der Waals surface area contributed by atoms with Crippen molar-refractivity contribution in [3.05, 3.63) is 41.5 Å². The second kappa shape index (κ2) is 8.78. The summed E-state index contributed by atoms with van der Waals surface area (Å²) in [7, 11) is 0. The molecule has 0 saturated heterocycles. The average Bonchev–Trinajstić information content (AvgIpc) is 3.28. The highest BCUT2D eigenvalue weighted by atomic mass is 32.2. The second-order valence-corrected chi connectivity index (χ2v) is 7.42. The molecule has 3 heterocycles. The van der Waals surface area contributed by atoms with Gasteiger partial charge in [-0.1, -0.05) is 18.7 Å². The van der Waals surface area contributed by atoms with Crippen molar-refractivity contribution in [3.8, 4) is 11.4 Å². The summed E-state index contributed by atoms with van der Waals surface area (Å²) in [6.07, 6.45) is 4.32. The van der Waals surface area contributed by atoms with Gasteiger partial charge in [0.25, 0.3) is 5.91 Å². The monoisotopic (exact) mass is 402 g/mol. The van der Waals surface area contributed by atoms with E-state index in [-0.39, 0.29) is 11.7 Å².